The first-order valence-corrected chi connectivity index (χ1v) is 7.06. The van der Waals surface area contributed by atoms with Crippen molar-refractivity contribution in [3.63, 3.8) is 0 Å². The van der Waals surface area contributed by atoms with Crippen LogP contribution in [-0.4, -0.2) is 27.2 Å². The van der Waals surface area contributed by atoms with Crippen molar-refractivity contribution in [3.05, 3.63) is 11.6 Å². The molecule has 3 N–H and O–H groups in total. The second-order valence-corrected chi connectivity index (χ2v) is 5.29. The molecule has 0 aromatic carbocycles. The molecule has 0 saturated carbocycles. The fourth-order valence-electron chi connectivity index (χ4n) is 2.47. The molecule has 1 aliphatic rings. The van der Waals surface area contributed by atoms with Crippen LogP contribution in [0.4, 0.5) is 0 Å². The highest BCUT2D eigenvalue weighted by molar-refractivity contribution is 5.78. The molecule has 2 rings (SSSR count). The van der Waals surface area contributed by atoms with Crippen LogP contribution in [0.5, 0.6) is 0 Å². The quantitative estimate of drug-likeness (QED) is 0.795. The second-order valence-electron chi connectivity index (χ2n) is 5.29. The van der Waals surface area contributed by atoms with Crippen LogP contribution in [0.1, 0.15) is 50.8 Å². The molecule has 106 valence electrons. The third-order valence-electron chi connectivity index (χ3n) is 3.67. The molecule has 19 heavy (non-hydrogen) atoms. The summed E-state index contributed by atoms with van der Waals surface area (Å²) < 4.78 is 2.12. The van der Waals surface area contributed by atoms with Gasteiger partial charge in [0.25, 0.3) is 0 Å². The maximum Gasteiger partial charge on any atom is 0.223 e. The maximum atomic E-state index is 12.0. The van der Waals surface area contributed by atoms with E-state index >= 15 is 0 Å². The highest BCUT2D eigenvalue weighted by Gasteiger charge is 2.23. The van der Waals surface area contributed by atoms with E-state index in [1.165, 1.54) is 0 Å². The van der Waals surface area contributed by atoms with Crippen LogP contribution >= 0.6 is 0 Å². The number of aryl methyl sites for hydroxylation is 1. The first-order valence-electron chi connectivity index (χ1n) is 7.06. The smallest absolute Gasteiger partial charge is 0.223 e. The average molecular weight is 265 g/mol. The molecule has 2 heterocycles. The van der Waals surface area contributed by atoms with Crippen LogP contribution < -0.4 is 11.1 Å². The Morgan fingerprint density at radius 3 is 3.00 bits per heavy atom. The number of nitrogens with one attached hydrogen (secondary N) is 1. The van der Waals surface area contributed by atoms with Crippen LogP contribution in [0.15, 0.2) is 0 Å². The summed E-state index contributed by atoms with van der Waals surface area (Å²) in [6.07, 6.45) is 3.81. The topological polar surface area (TPSA) is 85.8 Å². The lowest BCUT2D eigenvalue weighted by atomic mass is 10.0. The van der Waals surface area contributed by atoms with Gasteiger partial charge in [-0.3, -0.25) is 4.79 Å². The van der Waals surface area contributed by atoms with Gasteiger partial charge in [-0.1, -0.05) is 6.92 Å². The predicted molar refractivity (Wildman–Crippen MR) is 72.4 cm³/mol. The van der Waals surface area contributed by atoms with E-state index in [9.17, 15) is 4.79 Å². The van der Waals surface area contributed by atoms with E-state index in [4.69, 9.17) is 5.73 Å². The first kappa shape index (κ1) is 14.0. The van der Waals surface area contributed by atoms with E-state index in [0.29, 0.717) is 6.54 Å². The highest BCUT2D eigenvalue weighted by Crippen LogP contribution is 2.19. The van der Waals surface area contributed by atoms with Crippen molar-refractivity contribution in [3.8, 4) is 0 Å². The first-order chi connectivity index (χ1) is 9.13. The summed E-state index contributed by atoms with van der Waals surface area (Å²) in [6.45, 7) is 5.49. The number of hydrogen-bond acceptors (Lipinski definition) is 4. The van der Waals surface area contributed by atoms with Gasteiger partial charge in [0.15, 0.2) is 5.82 Å². The van der Waals surface area contributed by atoms with E-state index < -0.39 is 0 Å². The third kappa shape index (κ3) is 3.12. The summed E-state index contributed by atoms with van der Waals surface area (Å²) in [5.74, 6) is 1.96. The fraction of sp³-hybridized carbons (Fsp3) is 0.769. The zero-order chi connectivity index (χ0) is 13.8. The summed E-state index contributed by atoms with van der Waals surface area (Å²) in [4.78, 5) is 12.0. The van der Waals surface area contributed by atoms with Gasteiger partial charge in [-0.2, -0.15) is 0 Å². The normalized spacial score (nSPS) is 17.0. The monoisotopic (exact) mass is 265 g/mol. The molecule has 1 amide bonds. The molecule has 0 saturated heterocycles. The van der Waals surface area contributed by atoms with Crippen molar-refractivity contribution in [2.24, 2.45) is 11.7 Å². The van der Waals surface area contributed by atoms with Crippen molar-refractivity contribution in [2.45, 2.75) is 52.1 Å². The van der Waals surface area contributed by atoms with Crippen LogP contribution in [0.3, 0.4) is 0 Å². The Bertz CT molecular complexity index is 442. The summed E-state index contributed by atoms with van der Waals surface area (Å²) in [6, 6.07) is -0.0906. The van der Waals surface area contributed by atoms with Crippen molar-refractivity contribution in [1.82, 2.24) is 20.1 Å². The molecule has 0 bridgehead atoms. The number of aromatic nitrogens is 3. The van der Waals surface area contributed by atoms with Crippen LogP contribution in [0.2, 0.25) is 0 Å². The number of nitrogens with two attached hydrogens (primary N) is 1. The van der Waals surface area contributed by atoms with E-state index in [-0.39, 0.29) is 17.9 Å². The number of hydrogen-bond donors (Lipinski definition) is 2. The number of carbonyl (C=O) groups is 1. The zero-order valence-corrected chi connectivity index (χ0v) is 11.7. The molecule has 0 fully saturated rings. The Labute approximate surface area is 113 Å². The van der Waals surface area contributed by atoms with Gasteiger partial charge in [0.2, 0.25) is 5.91 Å². The van der Waals surface area contributed by atoms with Gasteiger partial charge in [-0.05, 0) is 32.7 Å². The van der Waals surface area contributed by atoms with Crippen molar-refractivity contribution >= 4 is 5.91 Å². The van der Waals surface area contributed by atoms with Gasteiger partial charge in [0, 0.05) is 18.9 Å². The Balaban J connectivity index is 1.93. The fourth-order valence-corrected chi connectivity index (χ4v) is 2.47. The van der Waals surface area contributed by atoms with Gasteiger partial charge in [0.1, 0.15) is 5.82 Å². The molecule has 6 nitrogen and oxygen atoms in total. The molecule has 6 heteroatoms. The SMILES string of the molecule is CC(CCCN)C(=O)NC(C)c1nnc2n1CCC2. The maximum absolute atomic E-state index is 12.0. The minimum Gasteiger partial charge on any atom is -0.346 e. The summed E-state index contributed by atoms with van der Waals surface area (Å²) >= 11 is 0. The standard InChI is InChI=1S/C13H23N5O/c1-9(5-3-7-14)13(19)15-10(2)12-17-16-11-6-4-8-18(11)12/h9-10H,3-8,14H2,1-2H3,(H,15,19). The lowest BCUT2D eigenvalue weighted by Gasteiger charge is -2.17. The number of fused-ring (bicyclic) bond motifs is 1. The minimum absolute atomic E-state index is 0.00744. The highest BCUT2D eigenvalue weighted by atomic mass is 16.1. The third-order valence-corrected chi connectivity index (χ3v) is 3.67. The predicted octanol–water partition coefficient (Wildman–Crippen LogP) is 0.776. The van der Waals surface area contributed by atoms with Gasteiger partial charge < -0.3 is 15.6 Å². The van der Waals surface area contributed by atoms with Gasteiger partial charge in [0.05, 0.1) is 6.04 Å². The molecular formula is C13H23N5O. The molecule has 0 radical (unpaired) electrons. The molecule has 1 aromatic heterocycles. The van der Waals surface area contributed by atoms with E-state index in [1.807, 2.05) is 13.8 Å². The Kier molecular flexibility index (Phi) is 4.52. The summed E-state index contributed by atoms with van der Waals surface area (Å²) in [5.41, 5.74) is 5.46. The van der Waals surface area contributed by atoms with E-state index in [1.54, 1.807) is 0 Å². The average Bonchev–Trinajstić information content (AvgIpc) is 2.97. The van der Waals surface area contributed by atoms with Gasteiger partial charge in [-0.15, -0.1) is 10.2 Å². The molecular weight excluding hydrogens is 242 g/mol. The number of rotatable bonds is 6. The second kappa shape index (κ2) is 6.14. The van der Waals surface area contributed by atoms with Crippen LogP contribution in [0, 0.1) is 5.92 Å². The molecule has 1 aliphatic heterocycles. The molecule has 2 atom stereocenters. The van der Waals surface area contributed by atoms with E-state index in [0.717, 1.165) is 43.9 Å². The largest absolute Gasteiger partial charge is 0.346 e. The van der Waals surface area contributed by atoms with Gasteiger partial charge >= 0.3 is 0 Å². The lowest BCUT2D eigenvalue weighted by molar-refractivity contribution is -0.125. The summed E-state index contributed by atoms with van der Waals surface area (Å²) in [5, 5.41) is 11.4. The molecule has 2 unspecified atom stereocenters. The molecule has 0 spiro atoms. The van der Waals surface area contributed by atoms with Crippen molar-refractivity contribution in [1.29, 1.82) is 0 Å². The van der Waals surface area contributed by atoms with E-state index in [2.05, 4.69) is 20.1 Å². The Hall–Kier alpha value is -1.43. The lowest BCUT2D eigenvalue weighted by Crippen LogP contribution is -2.33. The molecule has 1 aromatic rings. The number of nitrogens with zero attached hydrogens (tertiary/aromatic N) is 3. The summed E-state index contributed by atoms with van der Waals surface area (Å²) in [7, 11) is 0. The number of amides is 1. The van der Waals surface area contributed by atoms with Crippen molar-refractivity contribution < 1.29 is 4.79 Å². The Morgan fingerprint density at radius 1 is 1.47 bits per heavy atom. The van der Waals surface area contributed by atoms with Crippen LogP contribution in [-0.2, 0) is 17.8 Å². The minimum atomic E-state index is -0.0906. The van der Waals surface area contributed by atoms with Crippen molar-refractivity contribution in [2.75, 3.05) is 6.54 Å². The Morgan fingerprint density at radius 2 is 2.26 bits per heavy atom. The number of carbonyl (C=O) groups excluding carboxylic acids is 1. The molecule has 0 aliphatic carbocycles. The van der Waals surface area contributed by atoms with Crippen LogP contribution in [0.25, 0.3) is 0 Å². The van der Waals surface area contributed by atoms with Gasteiger partial charge in [-0.25, -0.2) is 0 Å². The zero-order valence-electron chi connectivity index (χ0n) is 11.7.